The predicted molar refractivity (Wildman–Crippen MR) is 92.3 cm³/mol. The molecule has 0 saturated carbocycles. The summed E-state index contributed by atoms with van der Waals surface area (Å²) in [4.78, 5) is 28.6. The summed E-state index contributed by atoms with van der Waals surface area (Å²) in [5.41, 5.74) is -0.189. The normalized spacial score (nSPS) is 23.3. The molecule has 2 aromatic rings. The highest BCUT2D eigenvalue weighted by Crippen LogP contribution is 2.32. The average molecular weight is 357 g/mol. The van der Waals surface area contributed by atoms with Gasteiger partial charge >= 0.3 is 0 Å². The highest BCUT2D eigenvalue weighted by atomic mass is 19.1. The van der Waals surface area contributed by atoms with E-state index >= 15 is 0 Å². The van der Waals surface area contributed by atoms with Gasteiger partial charge in [-0.1, -0.05) is 0 Å². The Bertz CT molecular complexity index is 786. The maximum Gasteiger partial charge on any atom is 0.274 e. The Labute approximate surface area is 150 Å². The molecular formula is C18H20FN5O2. The Morgan fingerprint density at radius 2 is 2.12 bits per heavy atom. The molecule has 2 aromatic heterocycles. The van der Waals surface area contributed by atoms with Gasteiger partial charge in [-0.2, -0.15) is 0 Å². The second-order valence-corrected chi connectivity index (χ2v) is 6.68. The van der Waals surface area contributed by atoms with Crippen molar-refractivity contribution in [1.82, 2.24) is 19.9 Å². The molecule has 4 rings (SSSR count). The van der Waals surface area contributed by atoms with Gasteiger partial charge in [-0.05, 0) is 25.0 Å². The van der Waals surface area contributed by atoms with Crippen LogP contribution in [0, 0.1) is 5.82 Å². The molecule has 136 valence electrons. The first-order chi connectivity index (χ1) is 12.7. The van der Waals surface area contributed by atoms with Gasteiger partial charge in [-0.3, -0.25) is 9.78 Å². The molecule has 0 aromatic carbocycles. The van der Waals surface area contributed by atoms with Crippen molar-refractivity contribution in [3.63, 3.8) is 0 Å². The summed E-state index contributed by atoms with van der Waals surface area (Å²) in [7, 11) is 0. The van der Waals surface area contributed by atoms with Crippen molar-refractivity contribution < 1.29 is 13.9 Å². The lowest BCUT2D eigenvalue weighted by Crippen LogP contribution is -2.61. The Morgan fingerprint density at radius 3 is 2.92 bits per heavy atom. The Kier molecular flexibility index (Phi) is 4.50. The van der Waals surface area contributed by atoms with E-state index in [1.807, 2.05) is 4.90 Å². The molecule has 4 heterocycles. The predicted octanol–water partition coefficient (Wildman–Crippen LogP) is 1.52. The van der Waals surface area contributed by atoms with Crippen LogP contribution in [0.1, 0.15) is 23.3 Å². The summed E-state index contributed by atoms with van der Waals surface area (Å²) >= 11 is 0. The molecule has 8 heteroatoms. The molecule has 0 unspecified atom stereocenters. The van der Waals surface area contributed by atoms with Crippen LogP contribution in [0.15, 0.2) is 36.9 Å². The molecule has 1 amide bonds. The van der Waals surface area contributed by atoms with Crippen LogP contribution in [0.25, 0.3) is 0 Å². The maximum absolute atomic E-state index is 14.1. The summed E-state index contributed by atoms with van der Waals surface area (Å²) in [6, 6.07) is 2.99. The minimum atomic E-state index is -0.516. The standard InChI is InChI=1S/C18H20FN5O2/c19-14-3-1-5-22-16(14)23-8-2-4-18(12-23)13-24(9-10-26-18)17(25)15-11-20-6-7-21-15/h1,3,5-7,11H,2,4,8-10,12-13H2/t18-/m0/s1. The topological polar surface area (TPSA) is 71.5 Å². The lowest BCUT2D eigenvalue weighted by molar-refractivity contribution is -0.105. The van der Waals surface area contributed by atoms with E-state index in [0.717, 1.165) is 19.4 Å². The van der Waals surface area contributed by atoms with Crippen LogP contribution in [0.2, 0.25) is 0 Å². The minimum Gasteiger partial charge on any atom is -0.369 e. The first kappa shape index (κ1) is 16.8. The van der Waals surface area contributed by atoms with Gasteiger partial charge in [0.15, 0.2) is 11.6 Å². The minimum absolute atomic E-state index is 0.151. The quantitative estimate of drug-likeness (QED) is 0.812. The largest absolute Gasteiger partial charge is 0.369 e. The molecule has 2 aliphatic rings. The highest BCUT2D eigenvalue weighted by Gasteiger charge is 2.42. The molecule has 26 heavy (non-hydrogen) atoms. The van der Waals surface area contributed by atoms with Crippen LogP contribution in [-0.2, 0) is 4.74 Å². The maximum atomic E-state index is 14.1. The zero-order chi connectivity index (χ0) is 18.0. The van der Waals surface area contributed by atoms with Crippen molar-refractivity contribution in [2.45, 2.75) is 18.4 Å². The van der Waals surface area contributed by atoms with Gasteiger partial charge in [-0.25, -0.2) is 14.4 Å². The number of piperidine rings is 1. The number of carbonyl (C=O) groups is 1. The fourth-order valence-electron chi connectivity index (χ4n) is 3.73. The van der Waals surface area contributed by atoms with E-state index in [0.29, 0.717) is 37.8 Å². The third-order valence-corrected chi connectivity index (χ3v) is 4.90. The van der Waals surface area contributed by atoms with Gasteiger partial charge in [0.1, 0.15) is 11.3 Å². The van der Waals surface area contributed by atoms with E-state index in [4.69, 9.17) is 4.74 Å². The summed E-state index contributed by atoms with van der Waals surface area (Å²) in [6.07, 6.45) is 7.78. The van der Waals surface area contributed by atoms with Gasteiger partial charge in [0.25, 0.3) is 5.91 Å². The molecule has 0 N–H and O–H groups in total. The van der Waals surface area contributed by atoms with Crippen LogP contribution in [0.3, 0.4) is 0 Å². The van der Waals surface area contributed by atoms with E-state index in [9.17, 15) is 9.18 Å². The number of nitrogens with zero attached hydrogens (tertiary/aromatic N) is 5. The van der Waals surface area contributed by atoms with Crippen LogP contribution < -0.4 is 4.90 Å². The molecule has 1 spiro atoms. The van der Waals surface area contributed by atoms with Gasteiger partial charge in [0.05, 0.1) is 25.9 Å². The van der Waals surface area contributed by atoms with Crippen molar-refractivity contribution in [3.05, 3.63) is 48.4 Å². The first-order valence-electron chi connectivity index (χ1n) is 8.72. The van der Waals surface area contributed by atoms with E-state index < -0.39 is 5.60 Å². The van der Waals surface area contributed by atoms with Crippen molar-refractivity contribution >= 4 is 11.7 Å². The number of aromatic nitrogens is 3. The molecular weight excluding hydrogens is 337 g/mol. The van der Waals surface area contributed by atoms with E-state index in [-0.39, 0.29) is 11.7 Å². The second-order valence-electron chi connectivity index (χ2n) is 6.68. The number of pyridine rings is 1. The highest BCUT2D eigenvalue weighted by molar-refractivity contribution is 5.92. The lowest BCUT2D eigenvalue weighted by atomic mass is 9.90. The number of amides is 1. The zero-order valence-corrected chi connectivity index (χ0v) is 14.3. The average Bonchev–Trinajstić information content (AvgIpc) is 2.68. The third kappa shape index (κ3) is 3.24. The molecule has 1 atom stereocenters. The molecule has 2 aliphatic heterocycles. The van der Waals surface area contributed by atoms with Gasteiger partial charge in [0.2, 0.25) is 0 Å². The van der Waals surface area contributed by atoms with E-state index in [1.165, 1.54) is 24.7 Å². The number of ether oxygens (including phenoxy) is 1. The van der Waals surface area contributed by atoms with Crippen molar-refractivity contribution in [2.75, 3.05) is 37.7 Å². The smallest absolute Gasteiger partial charge is 0.274 e. The monoisotopic (exact) mass is 357 g/mol. The Hall–Kier alpha value is -2.61. The molecule has 2 saturated heterocycles. The number of anilines is 1. The SMILES string of the molecule is O=C(c1cnccn1)N1CCO[C@]2(CCCN(c3ncccc3F)C2)C1. The zero-order valence-electron chi connectivity index (χ0n) is 14.3. The first-order valence-corrected chi connectivity index (χ1v) is 8.72. The third-order valence-electron chi connectivity index (χ3n) is 4.90. The van der Waals surface area contributed by atoms with Crippen LogP contribution in [0.4, 0.5) is 10.2 Å². The molecule has 0 aliphatic carbocycles. The number of rotatable bonds is 2. The van der Waals surface area contributed by atoms with Gasteiger partial charge in [-0.15, -0.1) is 0 Å². The molecule has 7 nitrogen and oxygen atoms in total. The number of morpholine rings is 1. The summed E-state index contributed by atoms with van der Waals surface area (Å²) in [5, 5.41) is 0. The van der Waals surface area contributed by atoms with Crippen molar-refractivity contribution in [3.8, 4) is 0 Å². The summed E-state index contributed by atoms with van der Waals surface area (Å²) in [6.45, 7) is 2.63. The van der Waals surface area contributed by atoms with Crippen molar-refractivity contribution in [2.24, 2.45) is 0 Å². The Balaban J connectivity index is 1.52. The number of hydrogen-bond acceptors (Lipinski definition) is 6. The van der Waals surface area contributed by atoms with Crippen LogP contribution >= 0.6 is 0 Å². The molecule has 2 fully saturated rings. The number of hydrogen-bond donors (Lipinski definition) is 0. The van der Waals surface area contributed by atoms with E-state index in [2.05, 4.69) is 15.0 Å². The van der Waals surface area contributed by atoms with Crippen molar-refractivity contribution in [1.29, 1.82) is 0 Å². The van der Waals surface area contributed by atoms with Gasteiger partial charge < -0.3 is 14.5 Å². The van der Waals surface area contributed by atoms with Crippen LogP contribution in [0.5, 0.6) is 0 Å². The van der Waals surface area contributed by atoms with Crippen LogP contribution in [-0.4, -0.2) is 64.1 Å². The molecule has 0 bridgehead atoms. The van der Waals surface area contributed by atoms with E-state index in [1.54, 1.807) is 17.2 Å². The fourth-order valence-corrected chi connectivity index (χ4v) is 3.73. The summed E-state index contributed by atoms with van der Waals surface area (Å²) < 4.78 is 20.2. The molecule has 0 radical (unpaired) electrons. The summed E-state index contributed by atoms with van der Waals surface area (Å²) in [5.74, 6) is -0.151. The van der Waals surface area contributed by atoms with Gasteiger partial charge in [0, 0.05) is 31.7 Å². The second kappa shape index (κ2) is 6.95. The Morgan fingerprint density at radius 1 is 1.19 bits per heavy atom. The fraction of sp³-hybridized carbons (Fsp3) is 0.444. The number of carbonyl (C=O) groups excluding carboxylic acids is 1. The lowest BCUT2D eigenvalue weighted by Gasteiger charge is -2.48. The number of halogens is 1.